The lowest BCUT2D eigenvalue weighted by Gasteiger charge is -2.22. The molecule has 1 aliphatic rings. The van der Waals surface area contributed by atoms with E-state index in [-0.39, 0.29) is 4.90 Å². The van der Waals surface area contributed by atoms with Crippen molar-refractivity contribution in [3.8, 4) is 0 Å². The maximum Gasteiger partial charge on any atom is 0.338 e. The number of nitrogens with one attached hydrogen (secondary N) is 2. The van der Waals surface area contributed by atoms with Gasteiger partial charge in [-0.3, -0.25) is 0 Å². The average molecular weight is 340 g/mol. The highest BCUT2D eigenvalue weighted by Crippen LogP contribution is 2.17. The van der Waals surface area contributed by atoms with E-state index in [1.54, 1.807) is 6.92 Å². The van der Waals surface area contributed by atoms with Gasteiger partial charge in [0.2, 0.25) is 10.0 Å². The van der Waals surface area contributed by atoms with Crippen LogP contribution in [0.2, 0.25) is 0 Å². The van der Waals surface area contributed by atoms with Crippen LogP contribution in [0.3, 0.4) is 0 Å². The van der Waals surface area contributed by atoms with Gasteiger partial charge in [0.1, 0.15) is 0 Å². The Labute approximate surface area is 137 Å². The second-order valence-electron chi connectivity index (χ2n) is 5.87. The minimum absolute atomic E-state index is 0.171. The van der Waals surface area contributed by atoms with E-state index < -0.39 is 16.0 Å². The van der Waals surface area contributed by atoms with Crippen molar-refractivity contribution in [2.45, 2.75) is 31.1 Å². The van der Waals surface area contributed by atoms with Crippen molar-refractivity contribution in [2.24, 2.45) is 5.92 Å². The summed E-state index contributed by atoms with van der Waals surface area (Å²) in [5.41, 5.74) is 0.955. The summed E-state index contributed by atoms with van der Waals surface area (Å²) >= 11 is 0. The minimum atomic E-state index is -3.56. The van der Waals surface area contributed by atoms with Gasteiger partial charge in [-0.1, -0.05) is 0 Å². The number of hydrogen-bond donors (Lipinski definition) is 2. The molecule has 1 aromatic carbocycles. The van der Waals surface area contributed by atoms with Crippen LogP contribution in [0.5, 0.6) is 0 Å². The molecular formula is C16H24N2O4S. The molecule has 1 heterocycles. The number of esters is 1. The van der Waals surface area contributed by atoms with Gasteiger partial charge in [0.25, 0.3) is 0 Å². The van der Waals surface area contributed by atoms with E-state index in [2.05, 4.69) is 14.8 Å². The Morgan fingerprint density at radius 2 is 2.22 bits per heavy atom. The molecule has 0 radical (unpaired) electrons. The lowest BCUT2D eigenvalue weighted by molar-refractivity contribution is 0.0600. The number of ether oxygens (including phenoxy) is 1. The number of hydrogen-bond acceptors (Lipinski definition) is 5. The molecule has 2 rings (SSSR count). The third-order valence-corrected chi connectivity index (χ3v) is 5.62. The number of methoxy groups -OCH3 is 1. The first-order valence-corrected chi connectivity index (χ1v) is 9.31. The van der Waals surface area contributed by atoms with Gasteiger partial charge in [0, 0.05) is 6.54 Å². The van der Waals surface area contributed by atoms with Crippen LogP contribution in [-0.4, -0.2) is 41.1 Å². The molecule has 7 heteroatoms. The Morgan fingerprint density at radius 3 is 2.83 bits per heavy atom. The van der Waals surface area contributed by atoms with E-state index in [0.717, 1.165) is 32.4 Å². The molecule has 128 valence electrons. The zero-order chi connectivity index (χ0) is 16.9. The summed E-state index contributed by atoms with van der Waals surface area (Å²) in [4.78, 5) is 11.7. The van der Waals surface area contributed by atoms with Crippen molar-refractivity contribution < 1.29 is 17.9 Å². The first-order valence-electron chi connectivity index (χ1n) is 7.83. The zero-order valence-corrected chi connectivity index (χ0v) is 14.4. The summed E-state index contributed by atoms with van der Waals surface area (Å²) in [6.07, 6.45) is 3.11. The number of carbonyl (C=O) groups is 1. The molecule has 0 amide bonds. The molecule has 6 nitrogen and oxygen atoms in total. The molecule has 0 aromatic heterocycles. The Balaban J connectivity index is 1.98. The third-order valence-electron chi connectivity index (χ3n) is 4.16. The van der Waals surface area contributed by atoms with Gasteiger partial charge >= 0.3 is 5.97 Å². The Morgan fingerprint density at radius 1 is 1.43 bits per heavy atom. The summed E-state index contributed by atoms with van der Waals surface area (Å²) in [6, 6.07) is 4.42. The van der Waals surface area contributed by atoms with Gasteiger partial charge in [-0.05, 0) is 69.0 Å². The first-order chi connectivity index (χ1) is 10.9. The van der Waals surface area contributed by atoms with E-state index in [0.29, 0.717) is 23.6 Å². The summed E-state index contributed by atoms with van der Waals surface area (Å²) in [6.45, 7) is 4.12. The average Bonchev–Trinajstić information content (AvgIpc) is 2.55. The Bertz CT molecular complexity index is 652. The van der Waals surface area contributed by atoms with Crippen LogP contribution in [0.1, 0.15) is 35.2 Å². The van der Waals surface area contributed by atoms with Crippen molar-refractivity contribution in [1.82, 2.24) is 10.0 Å². The Kier molecular flexibility index (Phi) is 6.15. The van der Waals surface area contributed by atoms with Crippen LogP contribution in [0.15, 0.2) is 23.1 Å². The highest BCUT2D eigenvalue weighted by Gasteiger charge is 2.18. The fraction of sp³-hybridized carbons (Fsp3) is 0.562. The van der Waals surface area contributed by atoms with Gasteiger partial charge in [-0.15, -0.1) is 0 Å². The highest BCUT2D eigenvalue weighted by molar-refractivity contribution is 7.89. The number of carbonyl (C=O) groups excluding carboxylic acids is 1. The Hall–Kier alpha value is -1.44. The normalized spacial score (nSPS) is 18.6. The molecular weight excluding hydrogens is 316 g/mol. The van der Waals surface area contributed by atoms with Crippen LogP contribution >= 0.6 is 0 Å². The van der Waals surface area contributed by atoms with E-state index in [1.807, 2.05) is 0 Å². The smallest absolute Gasteiger partial charge is 0.338 e. The number of piperidine rings is 1. The van der Waals surface area contributed by atoms with Crippen LogP contribution in [0.4, 0.5) is 0 Å². The van der Waals surface area contributed by atoms with E-state index in [4.69, 9.17) is 0 Å². The fourth-order valence-corrected chi connectivity index (χ4v) is 3.93. The highest BCUT2D eigenvalue weighted by atomic mass is 32.2. The largest absolute Gasteiger partial charge is 0.465 e. The van der Waals surface area contributed by atoms with Gasteiger partial charge in [-0.25, -0.2) is 17.9 Å². The molecule has 0 aliphatic carbocycles. The van der Waals surface area contributed by atoms with E-state index >= 15 is 0 Å². The van der Waals surface area contributed by atoms with Crippen molar-refractivity contribution in [3.63, 3.8) is 0 Å². The summed E-state index contributed by atoms with van der Waals surface area (Å²) in [7, 11) is -2.26. The van der Waals surface area contributed by atoms with Crippen molar-refractivity contribution >= 4 is 16.0 Å². The lowest BCUT2D eigenvalue weighted by atomic mass is 9.96. The quantitative estimate of drug-likeness (QED) is 0.766. The van der Waals surface area contributed by atoms with Crippen LogP contribution in [0, 0.1) is 12.8 Å². The summed E-state index contributed by atoms with van der Waals surface area (Å²) in [5, 5.41) is 3.32. The number of aryl methyl sites for hydroxylation is 1. The monoisotopic (exact) mass is 340 g/mol. The van der Waals surface area contributed by atoms with Crippen LogP contribution in [0.25, 0.3) is 0 Å². The molecule has 1 aliphatic heterocycles. The molecule has 1 saturated heterocycles. The van der Waals surface area contributed by atoms with Gasteiger partial charge in [-0.2, -0.15) is 0 Å². The molecule has 1 unspecified atom stereocenters. The molecule has 1 atom stereocenters. The standard InChI is InChI=1S/C16H24N2O4S/c1-12-10-14(5-6-15(12)16(19)22-2)23(20,21)18-9-7-13-4-3-8-17-11-13/h5-6,10,13,17-18H,3-4,7-9,11H2,1-2H3. The lowest BCUT2D eigenvalue weighted by Crippen LogP contribution is -2.33. The predicted molar refractivity (Wildman–Crippen MR) is 87.9 cm³/mol. The zero-order valence-electron chi connectivity index (χ0n) is 13.6. The van der Waals surface area contributed by atoms with E-state index in [1.165, 1.54) is 25.3 Å². The SMILES string of the molecule is COC(=O)c1ccc(S(=O)(=O)NCCC2CCCNC2)cc1C. The summed E-state index contributed by atoms with van der Waals surface area (Å²) in [5.74, 6) is 0.0547. The molecule has 0 saturated carbocycles. The predicted octanol–water partition coefficient (Wildman–Crippen LogP) is 1.45. The molecule has 1 aromatic rings. The number of sulfonamides is 1. The maximum absolute atomic E-state index is 12.3. The second-order valence-corrected chi connectivity index (χ2v) is 7.63. The molecule has 0 spiro atoms. The van der Waals surface area contributed by atoms with Gasteiger partial charge < -0.3 is 10.1 Å². The van der Waals surface area contributed by atoms with Crippen molar-refractivity contribution in [2.75, 3.05) is 26.7 Å². The van der Waals surface area contributed by atoms with Crippen LogP contribution in [-0.2, 0) is 14.8 Å². The van der Waals surface area contributed by atoms with E-state index in [9.17, 15) is 13.2 Å². The van der Waals surface area contributed by atoms with Crippen molar-refractivity contribution in [1.29, 1.82) is 0 Å². The third kappa shape index (κ3) is 4.76. The molecule has 0 bridgehead atoms. The number of benzene rings is 1. The fourth-order valence-electron chi connectivity index (χ4n) is 2.79. The minimum Gasteiger partial charge on any atom is -0.465 e. The van der Waals surface area contributed by atoms with Gasteiger partial charge in [0.15, 0.2) is 0 Å². The van der Waals surface area contributed by atoms with Crippen molar-refractivity contribution in [3.05, 3.63) is 29.3 Å². The number of rotatable bonds is 6. The molecule has 1 fully saturated rings. The van der Waals surface area contributed by atoms with Crippen LogP contribution < -0.4 is 10.0 Å². The maximum atomic E-state index is 12.3. The molecule has 2 N–H and O–H groups in total. The summed E-state index contributed by atoms with van der Waals surface area (Å²) < 4.78 is 32.0. The molecule has 23 heavy (non-hydrogen) atoms. The second kappa shape index (κ2) is 7.90. The van der Waals surface area contributed by atoms with Gasteiger partial charge in [0.05, 0.1) is 17.6 Å². The topological polar surface area (TPSA) is 84.5 Å². The first kappa shape index (κ1) is 17.9.